The Bertz CT molecular complexity index is 958. The predicted octanol–water partition coefficient (Wildman–Crippen LogP) is 4.89. The van der Waals surface area contributed by atoms with E-state index in [-0.39, 0.29) is 11.9 Å². The van der Waals surface area contributed by atoms with E-state index in [0.29, 0.717) is 11.3 Å². The van der Waals surface area contributed by atoms with Gasteiger partial charge >= 0.3 is 0 Å². The summed E-state index contributed by atoms with van der Waals surface area (Å²) in [6.07, 6.45) is 0.998. The summed E-state index contributed by atoms with van der Waals surface area (Å²) in [4.78, 5) is 13.9. The molecule has 2 atom stereocenters. The number of amides is 1. The fourth-order valence-electron chi connectivity index (χ4n) is 2.99. The van der Waals surface area contributed by atoms with Gasteiger partial charge < -0.3 is 5.32 Å². The zero-order valence-corrected chi connectivity index (χ0v) is 16.8. The van der Waals surface area contributed by atoms with Gasteiger partial charge in [0.1, 0.15) is 0 Å². The van der Waals surface area contributed by atoms with Gasteiger partial charge in [-0.3, -0.25) is 10.1 Å². The molecule has 1 amide bonds. The van der Waals surface area contributed by atoms with Crippen molar-refractivity contribution in [1.82, 2.24) is 5.32 Å². The summed E-state index contributed by atoms with van der Waals surface area (Å²) in [5.74, 6) is -0.137. The molecule has 1 heterocycles. The Morgan fingerprint density at radius 3 is 2.57 bits per heavy atom. The van der Waals surface area contributed by atoms with Crippen LogP contribution in [0.25, 0.3) is 0 Å². The average molecular weight is 390 g/mol. The Morgan fingerprint density at radius 2 is 1.93 bits per heavy atom. The van der Waals surface area contributed by atoms with Crippen LogP contribution in [-0.4, -0.2) is 11.9 Å². The summed E-state index contributed by atoms with van der Waals surface area (Å²) < 4.78 is 0. The number of nitriles is 1. The molecule has 0 radical (unpaired) electrons. The minimum atomic E-state index is -0.413. The van der Waals surface area contributed by atoms with Gasteiger partial charge in [0.15, 0.2) is 0 Å². The van der Waals surface area contributed by atoms with Crippen LogP contribution in [-0.2, 0) is 11.2 Å². The lowest BCUT2D eigenvalue weighted by Gasteiger charge is -2.23. The Hall–Kier alpha value is -2.94. The van der Waals surface area contributed by atoms with Crippen molar-refractivity contribution in [2.45, 2.75) is 32.4 Å². The third-order valence-electron chi connectivity index (χ3n) is 4.62. The molecule has 28 heavy (non-hydrogen) atoms. The second kappa shape index (κ2) is 9.32. The van der Waals surface area contributed by atoms with Gasteiger partial charge in [0.05, 0.1) is 23.7 Å². The van der Waals surface area contributed by atoms with Crippen LogP contribution in [0, 0.1) is 11.3 Å². The number of hydrogen-bond acceptors (Lipinski definition) is 4. The fraction of sp³-hybridized carbons (Fsp3) is 0.217. The topological polar surface area (TPSA) is 64.9 Å². The number of hydrogen-bond donors (Lipinski definition) is 2. The van der Waals surface area contributed by atoms with Gasteiger partial charge in [0.25, 0.3) is 0 Å². The van der Waals surface area contributed by atoms with E-state index in [0.717, 1.165) is 16.9 Å². The summed E-state index contributed by atoms with van der Waals surface area (Å²) >= 11 is 1.67. The Kier molecular flexibility index (Phi) is 6.59. The largest absolute Gasteiger partial charge is 0.325 e. The van der Waals surface area contributed by atoms with Crippen molar-refractivity contribution in [3.8, 4) is 6.07 Å². The molecule has 0 aliphatic carbocycles. The highest BCUT2D eigenvalue weighted by molar-refractivity contribution is 7.10. The van der Waals surface area contributed by atoms with Gasteiger partial charge in [-0.15, -0.1) is 11.3 Å². The summed E-state index contributed by atoms with van der Waals surface area (Å²) in [5.41, 5.74) is 3.56. The zero-order chi connectivity index (χ0) is 19.9. The number of rotatable bonds is 7. The van der Waals surface area contributed by atoms with Crippen LogP contribution < -0.4 is 10.6 Å². The summed E-state index contributed by atoms with van der Waals surface area (Å²) in [6, 6.07) is 21.2. The lowest BCUT2D eigenvalue weighted by molar-refractivity contribution is -0.117. The second-order valence-corrected chi connectivity index (χ2v) is 7.59. The molecule has 4 nitrogen and oxygen atoms in total. The summed E-state index contributed by atoms with van der Waals surface area (Å²) in [5, 5.41) is 17.4. The van der Waals surface area contributed by atoms with E-state index in [9.17, 15) is 4.79 Å². The lowest BCUT2D eigenvalue weighted by Crippen LogP contribution is -2.40. The van der Waals surface area contributed by atoms with Crippen molar-refractivity contribution in [1.29, 1.82) is 5.26 Å². The highest BCUT2D eigenvalue weighted by atomic mass is 32.1. The first-order valence-corrected chi connectivity index (χ1v) is 10.2. The molecule has 0 unspecified atom stereocenters. The third-order valence-corrected chi connectivity index (χ3v) is 5.56. The first kappa shape index (κ1) is 19.8. The molecule has 0 fully saturated rings. The number of carbonyl (C=O) groups is 1. The third kappa shape index (κ3) is 4.86. The number of aryl methyl sites for hydroxylation is 1. The molecule has 0 aliphatic heterocycles. The molecule has 1 aromatic heterocycles. The molecule has 2 aromatic carbocycles. The average Bonchev–Trinajstić information content (AvgIpc) is 3.26. The first-order valence-electron chi connectivity index (χ1n) is 9.30. The van der Waals surface area contributed by atoms with E-state index in [1.807, 2.05) is 18.4 Å². The SMILES string of the molecule is CCc1ccc([C@H](N[C@H](C)C(=O)Nc2cccc(C#N)c2)c2cccs2)cc1. The molecular formula is C23H23N3OS. The van der Waals surface area contributed by atoms with E-state index in [2.05, 4.69) is 54.0 Å². The van der Waals surface area contributed by atoms with Crippen molar-refractivity contribution in [3.63, 3.8) is 0 Å². The van der Waals surface area contributed by atoms with Gasteiger partial charge in [-0.2, -0.15) is 5.26 Å². The van der Waals surface area contributed by atoms with Crippen molar-refractivity contribution >= 4 is 22.9 Å². The number of nitrogens with one attached hydrogen (secondary N) is 2. The van der Waals surface area contributed by atoms with Crippen molar-refractivity contribution in [3.05, 3.63) is 87.6 Å². The maximum Gasteiger partial charge on any atom is 0.241 e. The molecule has 5 heteroatoms. The van der Waals surface area contributed by atoms with E-state index >= 15 is 0 Å². The lowest BCUT2D eigenvalue weighted by atomic mass is 10.0. The molecule has 0 saturated heterocycles. The van der Waals surface area contributed by atoms with Crippen molar-refractivity contribution < 1.29 is 4.79 Å². The second-order valence-electron chi connectivity index (χ2n) is 6.61. The van der Waals surface area contributed by atoms with Crippen LogP contribution in [0.3, 0.4) is 0 Å². The molecular weight excluding hydrogens is 366 g/mol. The van der Waals surface area contributed by atoms with Gasteiger partial charge in [-0.25, -0.2) is 0 Å². The van der Waals surface area contributed by atoms with E-state index in [1.165, 1.54) is 5.56 Å². The number of benzene rings is 2. The quantitative estimate of drug-likeness (QED) is 0.605. The molecule has 2 N–H and O–H groups in total. The summed E-state index contributed by atoms with van der Waals surface area (Å²) in [6.45, 7) is 3.99. The summed E-state index contributed by atoms with van der Waals surface area (Å²) in [7, 11) is 0. The number of thiophene rings is 1. The highest BCUT2D eigenvalue weighted by Gasteiger charge is 2.21. The monoisotopic (exact) mass is 389 g/mol. The molecule has 0 saturated carbocycles. The minimum absolute atomic E-state index is 0.0582. The van der Waals surface area contributed by atoms with Crippen LogP contribution in [0.4, 0.5) is 5.69 Å². The molecule has 0 aliphatic rings. The van der Waals surface area contributed by atoms with E-state index < -0.39 is 6.04 Å². The maximum absolute atomic E-state index is 12.7. The highest BCUT2D eigenvalue weighted by Crippen LogP contribution is 2.27. The maximum atomic E-state index is 12.7. The Morgan fingerprint density at radius 1 is 1.14 bits per heavy atom. The molecule has 3 aromatic rings. The standard InChI is InChI=1S/C23H23N3OS/c1-3-17-9-11-19(12-10-17)22(21-8-5-13-28-21)25-16(2)23(27)26-20-7-4-6-18(14-20)15-24/h4-14,16,22,25H,3H2,1-2H3,(H,26,27)/t16-,22+/m1/s1. The van der Waals surface area contributed by atoms with Gasteiger partial charge in [-0.1, -0.05) is 43.3 Å². The van der Waals surface area contributed by atoms with Crippen LogP contribution >= 0.6 is 11.3 Å². The zero-order valence-electron chi connectivity index (χ0n) is 16.0. The molecule has 0 bridgehead atoms. The van der Waals surface area contributed by atoms with Crippen molar-refractivity contribution in [2.24, 2.45) is 0 Å². The van der Waals surface area contributed by atoms with Gasteiger partial charge in [-0.05, 0) is 54.1 Å². The number of carbonyl (C=O) groups excluding carboxylic acids is 1. The fourth-order valence-corrected chi connectivity index (χ4v) is 3.80. The van der Waals surface area contributed by atoms with Gasteiger partial charge in [0.2, 0.25) is 5.91 Å². The molecule has 3 rings (SSSR count). The van der Waals surface area contributed by atoms with Crippen molar-refractivity contribution in [2.75, 3.05) is 5.32 Å². The molecule has 142 valence electrons. The minimum Gasteiger partial charge on any atom is -0.325 e. The van der Waals surface area contributed by atoms with Crippen LogP contribution in [0.2, 0.25) is 0 Å². The van der Waals surface area contributed by atoms with Crippen LogP contribution in [0.15, 0.2) is 66.0 Å². The number of nitrogens with zero attached hydrogens (tertiary/aromatic N) is 1. The normalized spacial score (nSPS) is 12.8. The first-order chi connectivity index (χ1) is 13.6. The van der Waals surface area contributed by atoms with E-state index in [4.69, 9.17) is 5.26 Å². The van der Waals surface area contributed by atoms with Crippen LogP contribution in [0.1, 0.15) is 41.5 Å². The Balaban J connectivity index is 1.76. The Labute approximate surface area is 169 Å². The van der Waals surface area contributed by atoms with Gasteiger partial charge in [0, 0.05) is 10.6 Å². The smallest absolute Gasteiger partial charge is 0.241 e. The molecule has 0 spiro atoms. The number of anilines is 1. The van der Waals surface area contributed by atoms with Crippen LogP contribution in [0.5, 0.6) is 0 Å². The van der Waals surface area contributed by atoms with E-state index in [1.54, 1.807) is 35.6 Å². The predicted molar refractivity (Wildman–Crippen MR) is 114 cm³/mol.